The van der Waals surface area contributed by atoms with Crippen molar-refractivity contribution in [3.8, 4) is 0 Å². The number of hydrogen-bond donors (Lipinski definition) is 3. The van der Waals surface area contributed by atoms with Crippen molar-refractivity contribution in [3.63, 3.8) is 0 Å². The standard InChI is InChI=1S/C10H13NO3.C2HF3O2/c11-9(10(12)13)7-14-6-8-4-2-1-3-5-8;3-2(4,5)1(6)7/h1-5,9H,6-7,11H2,(H,12,13);(H,6,7)/t9-;/m1./s1. The first-order valence-electron chi connectivity index (χ1n) is 5.54. The van der Waals surface area contributed by atoms with Crippen LogP contribution in [0.25, 0.3) is 0 Å². The number of carboxylic acids is 2. The Morgan fingerprint density at radius 1 is 1.19 bits per heavy atom. The normalized spacial score (nSPS) is 12.0. The molecule has 0 aromatic heterocycles. The summed E-state index contributed by atoms with van der Waals surface area (Å²) in [4.78, 5) is 19.2. The molecule has 0 fully saturated rings. The molecule has 1 aromatic carbocycles. The molecule has 0 unspecified atom stereocenters. The number of rotatable bonds is 5. The van der Waals surface area contributed by atoms with Crippen LogP contribution in [0.4, 0.5) is 13.2 Å². The molecule has 0 aliphatic carbocycles. The highest BCUT2D eigenvalue weighted by Gasteiger charge is 2.38. The number of nitrogens with two attached hydrogens (primary N) is 1. The first-order chi connectivity index (χ1) is 9.64. The maximum absolute atomic E-state index is 10.6. The average Bonchev–Trinajstić information content (AvgIpc) is 2.39. The predicted octanol–water partition coefficient (Wildman–Crippen LogP) is 1.25. The Kier molecular flexibility index (Phi) is 8.02. The van der Waals surface area contributed by atoms with Crippen molar-refractivity contribution in [2.75, 3.05) is 6.61 Å². The molecule has 4 N–H and O–H groups in total. The zero-order chi connectivity index (χ0) is 16.5. The molecule has 0 amide bonds. The van der Waals surface area contributed by atoms with Crippen LogP contribution in [0.1, 0.15) is 5.56 Å². The number of hydrogen-bond acceptors (Lipinski definition) is 4. The second-order valence-electron chi connectivity index (χ2n) is 3.75. The fourth-order valence-electron chi connectivity index (χ4n) is 0.949. The van der Waals surface area contributed by atoms with Gasteiger partial charge in [-0.15, -0.1) is 0 Å². The Balaban J connectivity index is 0.000000486. The maximum Gasteiger partial charge on any atom is 0.490 e. The Hall–Kier alpha value is -2.13. The van der Waals surface area contributed by atoms with Gasteiger partial charge in [0.1, 0.15) is 6.04 Å². The van der Waals surface area contributed by atoms with Crippen molar-refractivity contribution in [3.05, 3.63) is 35.9 Å². The van der Waals surface area contributed by atoms with Gasteiger partial charge in [0.25, 0.3) is 0 Å². The highest BCUT2D eigenvalue weighted by atomic mass is 19.4. The number of carbonyl (C=O) groups is 2. The molecule has 0 radical (unpaired) electrons. The number of carboxylic acid groups (broad SMARTS) is 2. The van der Waals surface area contributed by atoms with E-state index in [-0.39, 0.29) is 6.61 Å². The van der Waals surface area contributed by atoms with E-state index in [4.69, 9.17) is 25.5 Å². The molecule has 1 atom stereocenters. The fraction of sp³-hybridized carbons (Fsp3) is 0.333. The van der Waals surface area contributed by atoms with Crippen molar-refractivity contribution in [1.29, 1.82) is 0 Å². The summed E-state index contributed by atoms with van der Waals surface area (Å²) in [6.45, 7) is 0.423. The van der Waals surface area contributed by atoms with Gasteiger partial charge < -0.3 is 20.7 Å². The van der Waals surface area contributed by atoms with Crippen LogP contribution in [-0.4, -0.2) is 41.0 Å². The van der Waals surface area contributed by atoms with Crippen molar-refractivity contribution in [2.45, 2.75) is 18.8 Å². The molecule has 0 saturated carbocycles. The van der Waals surface area contributed by atoms with E-state index < -0.39 is 24.2 Å². The van der Waals surface area contributed by atoms with Gasteiger partial charge in [0, 0.05) is 0 Å². The molecule has 1 aromatic rings. The van der Waals surface area contributed by atoms with E-state index in [0.717, 1.165) is 5.56 Å². The van der Waals surface area contributed by atoms with E-state index in [0.29, 0.717) is 6.61 Å². The van der Waals surface area contributed by atoms with E-state index >= 15 is 0 Å². The van der Waals surface area contributed by atoms with Gasteiger partial charge in [0.15, 0.2) is 0 Å². The van der Waals surface area contributed by atoms with Gasteiger partial charge in [0.2, 0.25) is 0 Å². The summed E-state index contributed by atoms with van der Waals surface area (Å²) < 4.78 is 36.9. The Bertz CT molecular complexity index is 450. The lowest BCUT2D eigenvalue weighted by Gasteiger charge is -2.07. The summed E-state index contributed by atoms with van der Waals surface area (Å²) in [7, 11) is 0. The van der Waals surface area contributed by atoms with Gasteiger partial charge in [-0.2, -0.15) is 13.2 Å². The van der Waals surface area contributed by atoms with E-state index in [2.05, 4.69) is 0 Å². The lowest BCUT2D eigenvalue weighted by atomic mass is 10.2. The predicted molar refractivity (Wildman–Crippen MR) is 65.4 cm³/mol. The van der Waals surface area contributed by atoms with Crippen LogP contribution < -0.4 is 5.73 Å². The van der Waals surface area contributed by atoms with Crippen LogP contribution in [0.5, 0.6) is 0 Å². The molecule has 0 spiro atoms. The number of aliphatic carboxylic acids is 2. The van der Waals surface area contributed by atoms with Gasteiger partial charge in [0.05, 0.1) is 13.2 Å². The van der Waals surface area contributed by atoms with Gasteiger partial charge >= 0.3 is 18.1 Å². The van der Waals surface area contributed by atoms with Crippen molar-refractivity contribution < 1.29 is 37.7 Å². The Morgan fingerprint density at radius 2 is 1.67 bits per heavy atom. The maximum atomic E-state index is 10.6. The summed E-state index contributed by atoms with van der Waals surface area (Å²) in [5, 5.41) is 15.6. The molecular weight excluding hydrogens is 295 g/mol. The van der Waals surface area contributed by atoms with E-state index in [1.807, 2.05) is 30.3 Å². The van der Waals surface area contributed by atoms with Crippen LogP contribution in [0.3, 0.4) is 0 Å². The summed E-state index contributed by atoms with van der Waals surface area (Å²) in [5.74, 6) is -3.80. The molecule has 0 saturated heterocycles. The molecular formula is C12H14F3NO5. The van der Waals surface area contributed by atoms with E-state index in [1.54, 1.807) is 0 Å². The van der Waals surface area contributed by atoms with Crippen molar-refractivity contribution in [1.82, 2.24) is 0 Å². The molecule has 0 aliphatic heterocycles. The topological polar surface area (TPSA) is 110 Å². The third-order valence-electron chi connectivity index (χ3n) is 1.97. The van der Waals surface area contributed by atoms with Gasteiger partial charge in [-0.1, -0.05) is 30.3 Å². The third-order valence-corrected chi connectivity index (χ3v) is 1.97. The van der Waals surface area contributed by atoms with Gasteiger partial charge in [-0.25, -0.2) is 4.79 Å². The lowest BCUT2D eigenvalue weighted by molar-refractivity contribution is -0.192. The number of alkyl halides is 3. The lowest BCUT2D eigenvalue weighted by Crippen LogP contribution is -2.34. The van der Waals surface area contributed by atoms with E-state index in [9.17, 15) is 18.0 Å². The van der Waals surface area contributed by atoms with Crippen LogP contribution in [0, 0.1) is 0 Å². The molecule has 1 rings (SSSR count). The minimum Gasteiger partial charge on any atom is -0.480 e. The molecule has 118 valence electrons. The Morgan fingerprint density at radius 3 is 2.05 bits per heavy atom. The molecule has 9 heteroatoms. The molecule has 0 aliphatic rings. The zero-order valence-electron chi connectivity index (χ0n) is 10.7. The van der Waals surface area contributed by atoms with Crippen LogP contribution in [-0.2, 0) is 20.9 Å². The average molecular weight is 309 g/mol. The van der Waals surface area contributed by atoms with Gasteiger partial charge in [-0.3, -0.25) is 4.79 Å². The summed E-state index contributed by atoms with van der Waals surface area (Å²) in [6, 6.07) is 8.58. The minimum atomic E-state index is -5.08. The first kappa shape index (κ1) is 18.9. The monoisotopic (exact) mass is 309 g/mol. The summed E-state index contributed by atoms with van der Waals surface area (Å²) >= 11 is 0. The molecule has 21 heavy (non-hydrogen) atoms. The molecule has 0 bridgehead atoms. The third kappa shape index (κ3) is 9.41. The van der Waals surface area contributed by atoms with Crippen molar-refractivity contribution >= 4 is 11.9 Å². The quantitative estimate of drug-likeness (QED) is 0.755. The van der Waals surface area contributed by atoms with Crippen LogP contribution in [0.2, 0.25) is 0 Å². The highest BCUT2D eigenvalue weighted by Crippen LogP contribution is 2.13. The highest BCUT2D eigenvalue weighted by molar-refractivity contribution is 5.73. The SMILES string of the molecule is N[C@H](COCc1ccccc1)C(=O)O.O=C(O)C(F)(F)F. The largest absolute Gasteiger partial charge is 0.490 e. The molecule has 0 heterocycles. The van der Waals surface area contributed by atoms with Crippen molar-refractivity contribution in [2.24, 2.45) is 5.73 Å². The number of benzene rings is 1. The molecule has 6 nitrogen and oxygen atoms in total. The zero-order valence-corrected chi connectivity index (χ0v) is 10.7. The summed E-state index contributed by atoms with van der Waals surface area (Å²) in [5.41, 5.74) is 6.26. The van der Waals surface area contributed by atoms with Gasteiger partial charge in [-0.05, 0) is 5.56 Å². The Labute approximate surface area is 117 Å². The smallest absolute Gasteiger partial charge is 0.480 e. The minimum absolute atomic E-state index is 0.0320. The fourth-order valence-corrected chi connectivity index (χ4v) is 0.949. The van der Waals surface area contributed by atoms with E-state index in [1.165, 1.54) is 0 Å². The summed E-state index contributed by atoms with van der Waals surface area (Å²) in [6.07, 6.45) is -5.08. The second kappa shape index (κ2) is 8.93. The van der Waals surface area contributed by atoms with Crippen LogP contribution in [0.15, 0.2) is 30.3 Å². The van der Waals surface area contributed by atoms with Crippen LogP contribution >= 0.6 is 0 Å². The number of ether oxygens (including phenoxy) is 1. The second-order valence-corrected chi connectivity index (χ2v) is 3.75. The first-order valence-corrected chi connectivity index (χ1v) is 5.54. The number of halogens is 3.